The Labute approximate surface area is 164 Å². The molecule has 5 nitrogen and oxygen atoms in total. The smallest absolute Gasteiger partial charge is 0.223 e. The molecule has 144 valence electrons. The second kappa shape index (κ2) is 7.30. The zero-order chi connectivity index (χ0) is 18.9. The lowest BCUT2D eigenvalue weighted by molar-refractivity contribution is -0.126. The minimum absolute atomic E-state index is 0.142. The summed E-state index contributed by atoms with van der Waals surface area (Å²) in [5, 5.41) is 6.95. The summed E-state index contributed by atoms with van der Waals surface area (Å²) < 4.78 is 0. The third kappa shape index (κ3) is 3.37. The number of amides is 1. The van der Waals surface area contributed by atoms with Gasteiger partial charge in [0.1, 0.15) is 5.52 Å². The zero-order valence-corrected chi connectivity index (χ0v) is 15.9. The monoisotopic (exact) mass is 374 g/mol. The number of hydrogen-bond donors (Lipinski definition) is 3. The predicted octanol–water partition coefficient (Wildman–Crippen LogP) is 3.82. The number of fused-ring (bicyclic) bond motifs is 2. The van der Waals surface area contributed by atoms with Crippen molar-refractivity contribution in [2.24, 2.45) is 5.92 Å². The molecule has 1 fully saturated rings. The van der Waals surface area contributed by atoms with Crippen LogP contribution in [0, 0.1) is 5.92 Å². The molecule has 0 unspecified atom stereocenters. The van der Waals surface area contributed by atoms with Crippen molar-refractivity contribution in [2.75, 3.05) is 5.32 Å². The molecule has 3 N–H and O–H groups in total. The molecule has 1 saturated carbocycles. The Morgan fingerprint density at radius 2 is 1.68 bits per heavy atom. The average molecular weight is 374 g/mol. The third-order valence-corrected chi connectivity index (χ3v) is 6.30. The van der Waals surface area contributed by atoms with Crippen molar-refractivity contribution < 1.29 is 4.79 Å². The van der Waals surface area contributed by atoms with Crippen LogP contribution in [0.25, 0.3) is 11.0 Å². The predicted molar refractivity (Wildman–Crippen MR) is 111 cm³/mol. The molecular formula is C23H26N4O. The molecule has 0 radical (unpaired) electrons. The molecule has 1 heterocycles. The van der Waals surface area contributed by atoms with Gasteiger partial charge in [-0.2, -0.15) is 0 Å². The lowest BCUT2D eigenvalue weighted by Gasteiger charge is -2.30. The molecule has 1 aromatic heterocycles. The lowest BCUT2D eigenvalue weighted by Crippen LogP contribution is -2.41. The van der Waals surface area contributed by atoms with Crippen molar-refractivity contribution in [2.45, 2.75) is 50.6 Å². The fraction of sp³-hybridized carbons (Fsp3) is 0.391. The number of aromatic amines is 1. The van der Waals surface area contributed by atoms with Crippen LogP contribution in [0.3, 0.4) is 0 Å². The Bertz CT molecular complexity index is 962. The van der Waals surface area contributed by atoms with E-state index in [1.807, 2.05) is 12.1 Å². The number of nitrogens with zero attached hydrogens (tertiary/aromatic N) is 1. The van der Waals surface area contributed by atoms with Gasteiger partial charge in [0.05, 0.1) is 17.5 Å². The van der Waals surface area contributed by atoms with E-state index in [1.54, 1.807) is 6.33 Å². The molecule has 3 aromatic rings. The molecular weight excluding hydrogens is 348 g/mol. The minimum atomic E-state index is 0.142. The number of carbonyl (C=O) groups is 1. The van der Waals surface area contributed by atoms with Crippen LogP contribution < -0.4 is 10.6 Å². The number of anilines is 1. The molecule has 1 amide bonds. The van der Waals surface area contributed by atoms with E-state index in [4.69, 9.17) is 0 Å². The summed E-state index contributed by atoms with van der Waals surface area (Å²) >= 11 is 0. The minimum Gasteiger partial charge on any atom is -0.381 e. The van der Waals surface area contributed by atoms with Crippen LogP contribution in [0.2, 0.25) is 0 Å². The Hall–Kier alpha value is -2.82. The van der Waals surface area contributed by atoms with Crippen molar-refractivity contribution in [3.8, 4) is 0 Å². The van der Waals surface area contributed by atoms with Crippen LogP contribution >= 0.6 is 0 Å². The SMILES string of the molecule is O=C(NC1Cc2ccccc2C1)[C@H]1CC[C@H](Nc2cccc3[nH]cnc23)CC1. The highest BCUT2D eigenvalue weighted by Crippen LogP contribution is 2.29. The number of nitrogens with one attached hydrogen (secondary N) is 3. The first-order valence-electron chi connectivity index (χ1n) is 10.3. The molecule has 2 aromatic carbocycles. The highest BCUT2D eigenvalue weighted by Gasteiger charge is 2.29. The first kappa shape index (κ1) is 17.3. The number of imidazole rings is 1. The summed E-state index contributed by atoms with van der Waals surface area (Å²) in [4.78, 5) is 20.3. The van der Waals surface area contributed by atoms with Gasteiger partial charge in [0, 0.05) is 18.0 Å². The summed E-state index contributed by atoms with van der Waals surface area (Å²) in [6.45, 7) is 0. The summed E-state index contributed by atoms with van der Waals surface area (Å²) in [5.41, 5.74) is 5.88. The van der Waals surface area contributed by atoms with Crippen LogP contribution in [0.1, 0.15) is 36.8 Å². The number of hydrogen-bond acceptors (Lipinski definition) is 3. The topological polar surface area (TPSA) is 69.8 Å². The van der Waals surface area contributed by atoms with Crippen molar-refractivity contribution in [1.29, 1.82) is 0 Å². The van der Waals surface area contributed by atoms with Gasteiger partial charge in [-0.3, -0.25) is 4.79 Å². The first-order chi connectivity index (χ1) is 13.8. The van der Waals surface area contributed by atoms with Crippen molar-refractivity contribution in [1.82, 2.24) is 15.3 Å². The van der Waals surface area contributed by atoms with Crippen molar-refractivity contribution >= 4 is 22.6 Å². The fourth-order valence-corrected chi connectivity index (χ4v) is 4.78. The van der Waals surface area contributed by atoms with Gasteiger partial charge in [0.2, 0.25) is 5.91 Å². The second-order valence-corrected chi connectivity index (χ2v) is 8.18. The Kier molecular flexibility index (Phi) is 4.51. The summed E-state index contributed by atoms with van der Waals surface area (Å²) in [6.07, 6.45) is 7.59. The second-order valence-electron chi connectivity index (χ2n) is 8.18. The molecule has 0 atom stereocenters. The molecule has 0 saturated heterocycles. The largest absolute Gasteiger partial charge is 0.381 e. The summed E-state index contributed by atoms with van der Waals surface area (Å²) in [7, 11) is 0. The molecule has 2 aliphatic rings. The highest BCUT2D eigenvalue weighted by atomic mass is 16.1. The maximum atomic E-state index is 12.8. The van der Waals surface area contributed by atoms with Crippen LogP contribution in [0.4, 0.5) is 5.69 Å². The maximum Gasteiger partial charge on any atom is 0.223 e. The molecule has 0 spiro atoms. The number of benzene rings is 2. The van der Waals surface area contributed by atoms with Crippen LogP contribution in [0.15, 0.2) is 48.8 Å². The average Bonchev–Trinajstić information content (AvgIpc) is 3.35. The van der Waals surface area contributed by atoms with E-state index < -0.39 is 0 Å². The molecule has 0 bridgehead atoms. The number of carbonyl (C=O) groups excluding carboxylic acids is 1. The Balaban J connectivity index is 1.14. The van der Waals surface area contributed by atoms with Gasteiger partial charge >= 0.3 is 0 Å². The molecule has 28 heavy (non-hydrogen) atoms. The third-order valence-electron chi connectivity index (χ3n) is 6.30. The molecule has 0 aliphatic heterocycles. The van der Waals surface area contributed by atoms with Crippen molar-refractivity contribution in [3.05, 3.63) is 59.9 Å². The van der Waals surface area contributed by atoms with Gasteiger partial charge in [-0.15, -0.1) is 0 Å². The Morgan fingerprint density at radius 3 is 2.43 bits per heavy atom. The lowest BCUT2D eigenvalue weighted by atomic mass is 9.85. The fourth-order valence-electron chi connectivity index (χ4n) is 4.78. The van der Waals surface area contributed by atoms with Crippen molar-refractivity contribution in [3.63, 3.8) is 0 Å². The van der Waals surface area contributed by atoms with E-state index in [-0.39, 0.29) is 17.9 Å². The quantitative estimate of drug-likeness (QED) is 0.650. The summed E-state index contributed by atoms with van der Waals surface area (Å²) in [5.74, 6) is 0.383. The summed E-state index contributed by atoms with van der Waals surface area (Å²) in [6, 6.07) is 15.4. The standard InChI is InChI=1S/C23H26N4O/c28-23(27-19-12-16-4-1-2-5-17(16)13-19)15-8-10-18(11-9-15)26-21-7-3-6-20-22(21)25-14-24-20/h1-7,14-15,18-19,26H,8-13H2,(H,24,25)(H,27,28)/t15-,18-. The van der Waals surface area contributed by atoms with E-state index >= 15 is 0 Å². The number of rotatable bonds is 4. The molecule has 5 rings (SSSR count). The van der Waals surface area contributed by atoms with Gasteiger partial charge in [-0.05, 0) is 61.8 Å². The van der Waals surface area contributed by atoms with Gasteiger partial charge in [-0.25, -0.2) is 4.98 Å². The van der Waals surface area contributed by atoms with Crippen LogP contribution in [-0.4, -0.2) is 28.0 Å². The zero-order valence-electron chi connectivity index (χ0n) is 15.9. The highest BCUT2D eigenvalue weighted by molar-refractivity contribution is 5.88. The van der Waals surface area contributed by atoms with E-state index in [0.717, 1.165) is 55.2 Å². The first-order valence-corrected chi connectivity index (χ1v) is 10.3. The number of para-hydroxylation sites is 1. The van der Waals surface area contributed by atoms with E-state index in [2.05, 4.69) is 50.9 Å². The maximum absolute atomic E-state index is 12.8. The van der Waals surface area contributed by atoms with Crippen LogP contribution in [0.5, 0.6) is 0 Å². The molecule has 5 heteroatoms. The Morgan fingerprint density at radius 1 is 0.929 bits per heavy atom. The van der Waals surface area contributed by atoms with E-state index in [0.29, 0.717) is 6.04 Å². The molecule has 2 aliphatic carbocycles. The van der Waals surface area contributed by atoms with E-state index in [1.165, 1.54) is 11.1 Å². The number of aromatic nitrogens is 2. The van der Waals surface area contributed by atoms with Gasteiger partial charge in [0.25, 0.3) is 0 Å². The normalized spacial score (nSPS) is 22.1. The van der Waals surface area contributed by atoms with Gasteiger partial charge in [0.15, 0.2) is 0 Å². The van der Waals surface area contributed by atoms with E-state index in [9.17, 15) is 4.79 Å². The van der Waals surface area contributed by atoms with Crippen LogP contribution in [-0.2, 0) is 17.6 Å². The van der Waals surface area contributed by atoms with Gasteiger partial charge in [-0.1, -0.05) is 30.3 Å². The van der Waals surface area contributed by atoms with Gasteiger partial charge < -0.3 is 15.6 Å². The number of H-pyrrole nitrogens is 1.